The minimum Gasteiger partial charge on any atom is -0.455 e. The number of urea groups is 1. The van der Waals surface area contributed by atoms with Crippen LogP contribution in [0.1, 0.15) is 56.9 Å². The average molecular weight is 358 g/mol. The highest BCUT2D eigenvalue weighted by molar-refractivity contribution is 5.96. The Morgan fingerprint density at radius 2 is 1.65 bits per heavy atom. The first-order valence-electron chi connectivity index (χ1n) is 9.43. The SMILES string of the molecule is O=C(COC(=O)C1(c2ccccc2)CCCC1)NC(=O)NC1CCCC1. The van der Waals surface area contributed by atoms with E-state index < -0.39 is 24.0 Å². The van der Waals surface area contributed by atoms with Gasteiger partial charge in [0.1, 0.15) is 0 Å². The van der Waals surface area contributed by atoms with E-state index in [1.54, 1.807) is 0 Å². The van der Waals surface area contributed by atoms with Crippen molar-refractivity contribution in [3.63, 3.8) is 0 Å². The first-order chi connectivity index (χ1) is 12.6. The number of carbonyl (C=O) groups is 3. The van der Waals surface area contributed by atoms with Gasteiger partial charge >= 0.3 is 12.0 Å². The first kappa shape index (κ1) is 18.4. The van der Waals surface area contributed by atoms with Gasteiger partial charge in [-0.05, 0) is 31.2 Å². The molecule has 0 heterocycles. The molecule has 0 spiro atoms. The fraction of sp³-hybridized carbons (Fsp3) is 0.550. The third kappa shape index (κ3) is 4.23. The average Bonchev–Trinajstić information content (AvgIpc) is 3.32. The summed E-state index contributed by atoms with van der Waals surface area (Å²) in [4.78, 5) is 36.5. The lowest BCUT2D eigenvalue weighted by Gasteiger charge is -2.27. The van der Waals surface area contributed by atoms with E-state index in [4.69, 9.17) is 4.74 Å². The molecule has 140 valence electrons. The summed E-state index contributed by atoms with van der Waals surface area (Å²) >= 11 is 0. The molecule has 0 aliphatic heterocycles. The van der Waals surface area contributed by atoms with Gasteiger partial charge in [0, 0.05) is 6.04 Å². The predicted octanol–water partition coefficient (Wildman–Crippen LogP) is 2.81. The van der Waals surface area contributed by atoms with Crippen molar-refractivity contribution in [2.24, 2.45) is 0 Å². The van der Waals surface area contributed by atoms with Crippen molar-refractivity contribution in [2.45, 2.75) is 62.8 Å². The zero-order chi connectivity index (χ0) is 18.4. The van der Waals surface area contributed by atoms with Crippen LogP contribution in [0.25, 0.3) is 0 Å². The van der Waals surface area contributed by atoms with Crippen LogP contribution in [0.4, 0.5) is 4.79 Å². The molecule has 0 bridgehead atoms. The minimum atomic E-state index is -0.673. The maximum absolute atomic E-state index is 12.7. The van der Waals surface area contributed by atoms with Crippen LogP contribution in [0.15, 0.2) is 30.3 Å². The molecule has 2 saturated carbocycles. The van der Waals surface area contributed by atoms with Crippen LogP contribution in [0.3, 0.4) is 0 Å². The van der Waals surface area contributed by atoms with E-state index >= 15 is 0 Å². The lowest BCUT2D eigenvalue weighted by Crippen LogP contribution is -2.45. The monoisotopic (exact) mass is 358 g/mol. The predicted molar refractivity (Wildman–Crippen MR) is 96.5 cm³/mol. The second kappa shape index (κ2) is 8.34. The number of hydrogen-bond donors (Lipinski definition) is 2. The van der Waals surface area contributed by atoms with Gasteiger partial charge in [0.25, 0.3) is 5.91 Å². The Morgan fingerprint density at radius 3 is 2.31 bits per heavy atom. The third-order valence-corrected chi connectivity index (χ3v) is 5.45. The summed E-state index contributed by atoms with van der Waals surface area (Å²) in [6, 6.07) is 9.20. The number of hydrogen-bond acceptors (Lipinski definition) is 4. The zero-order valence-corrected chi connectivity index (χ0v) is 15.0. The molecule has 1 aromatic carbocycles. The first-order valence-corrected chi connectivity index (χ1v) is 9.43. The van der Waals surface area contributed by atoms with Crippen LogP contribution >= 0.6 is 0 Å². The largest absolute Gasteiger partial charge is 0.455 e. The van der Waals surface area contributed by atoms with Crippen LogP contribution in [-0.2, 0) is 19.7 Å². The molecule has 2 N–H and O–H groups in total. The van der Waals surface area contributed by atoms with E-state index in [2.05, 4.69) is 10.6 Å². The van der Waals surface area contributed by atoms with E-state index in [0.717, 1.165) is 56.9 Å². The van der Waals surface area contributed by atoms with E-state index in [9.17, 15) is 14.4 Å². The molecule has 2 aliphatic carbocycles. The highest BCUT2D eigenvalue weighted by Gasteiger charge is 2.44. The van der Waals surface area contributed by atoms with Gasteiger partial charge in [-0.2, -0.15) is 0 Å². The van der Waals surface area contributed by atoms with Crippen molar-refractivity contribution in [1.29, 1.82) is 0 Å². The molecule has 1 aromatic rings. The van der Waals surface area contributed by atoms with Gasteiger partial charge < -0.3 is 10.1 Å². The standard InChI is InChI=1S/C20H26N2O4/c23-17(22-19(25)21-16-10-4-5-11-16)14-26-18(24)20(12-6-7-13-20)15-8-2-1-3-9-15/h1-3,8-9,16H,4-7,10-14H2,(H2,21,22,23,25). The molecule has 6 nitrogen and oxygen atoms in total. The van der Waals surface area contributed by atoms with E-state index in [-0.39, 0.29) is 12.0 Å². The van der Waals surface area contributed by atoms with E-state index in [0.29, 0.717) is 0 Å². The molecule has 0 atom stereocenters. The number of carbonyl (C=O) groups excluding carboxylic acids is 3. The molecule has 2 fully saturated rings. The normalized spacial score (nSPS) is 19.1. The molecular formula is C20H26N2O4. The Kier molecular flexibility index (Phi) is 5.91. The number of benzene rings is 1. The van der Waals surface area contributed by atoms with Crippen LogP contribution in [0.2, 0.25) is 0 Å². The Labute approximate surface area is 153 Å². The molecule has 0 saturated heterocycles. The van der Waals surface area contributed by atoms with Gasteiger partial charge in [-0.1, -0.05) is 56.0 Å². The summed E-state index contributed by atoms with van der Waals surface area (Å²) in [6.45, 7) is -0.439. The topological polar surface area (TPSA) is 84.5 Å². The van der Waals surface area contributed by atoms with Crippen LogP contribution in [-0.4, -0.2) is 30.6 Å². The quantitative estimate of drug-likeness (QED) is 0.793. The van der Waals surface area contributed by atoms with Crippen LogP contribution in [0.5, 0.6) is 0 Å². The van der Waals surface area contributed by atoms with E-state index in [1.165, 1.54) is 0 Å². The van der Waals surface area contributed by atoms with Gasteiger partial charge in [-0.3, -0.25) is 14.9 Å². The lowest BCUT2D eigenvalue weighted by atomic mass is 9.79. The zero-order valence-electron chi connectivity index (χ0n) is 15.0. The number of imide groups is 1. The summed E-state index contributed by atoms with van der Waals surface area (Å²) in [5.41, 5.74) is 0.259. The maximum Gasteiger partial charge on any atom is 0.321 e. The minimum absolute atomic E-state index is 0.130. The molecule has 26 heavy (non-hydrogen) atoms. The number of ether oxygens (including phenoxy) is 1. The third-order valence-electron chi connectivity index (χ3n) is 5.45. The summed E-state index contributed by atoms with van der Waals surface area (Å²) in [5.74, 6) is -0.984. The molecular weight excluding hydrogens is 332 g/mol. The van der Waals surface area contributed by atoms with Crippen molar-refractivity contribution in [3.8, 4) is 0 Å². The smallest absolute Gasteiger partial charge is 0.321 e. The van der Waals surface area contributed by atoms with Gasteiger partial charge in [0.05, 0.1) is 5.41 Å². The van der Waals surface area contributed by atoms with Crippen LogP contribution < -0.4 is 10.6 Å². The van der Waals surface area contributed by atoms with Gasteiger partial charge in [-0.15, -0.1) is 0 Å². The van der Waals surface area contributed by atoms with Crippen molar-refractivity contribution in [3.05, 3.63) is 35.9 Å². The van der Waals surface area contributed by atoms with Crippen molar-refractivity contribution >= 4 is 17.9 Å². The summed E-state index contributed by atoms with van der Waals surface area (Å²) in [5, 5.41) is 5.01. The Balaban J connectivity index is 1.52. The lowest BCUT2D eigenvalue weighted by molar-refractivity contribution is -0.154. The fourth-order valence-electron chi connectivity index (χ4n) is 4.07. The summed E-state index contributed by atoms with van der Waals surface area (Å²) < 4.78 is 5.29. The van der Waals surface area contributed by atoms with Gasteiger partial charge in [0.15, 0.2) is 6.61 Å². The van der Waals surface area contributed by atoms with Gasteiger partial charge in [0.2, 0.25) is 0 Å². The second-order valence-corrected chi connectivity index (χ2v) is 7.23. The van der Waals surface area contributed by atoms with Crippen molar-refractivity contribution in [1.82, 2.24) is 10.6 Å². The molecule has 3 amide bonds. The maximum atomic E-state index is 12.7. The number of nitrogens with one attached hydrogen (secondary N) is 2. The van der Waals surface area contributed by atoms with Gasteiger partial charge in [-0.25, -0.2) is 4.79 Å². The number of rotatable bonds is 5. The van der Waals surface area contributed by atoms with E-state index in [1.807, 2.05) is 30.3 Å². The summed E-state index contributed by atoms with van der Waals surface area (Å²) in [6.07, 6.45) is 7.43. The van der Waals surface area contributed by atoms with Crippen molar-refractivity contribution < 1.29 is 19.1 Å². The Bertz CT molecular complexity index is 647. The number of amides is 3. The molecule has 6 heteroatoms. The highest BCUT2D eigenvalue weighted by Crippen LogP contribution is 2.42. The number of esters is 1. The molecule has 0 radical (unpaired) electrons. The Morgan fingerprint density at radius 1 is 1.00 bits per heavy atom. The molecule has 3 rings (SSSR count). The summed E-state index contributed by atoms with van der Waals surface area (Å²) in [7, 11) is 0. The highest BCUT2D eigenvalue weighted by atomic mass is 16.5. The van der Waals surface area contributed by atoms with Crippen LogP contribution in [0, 0.1) is 0 Å². The Hall–Kier alpha value is -2.37. The van der Waals surface area contributed by atoms with Crippen molar-refractivity contribution in [2.75, 3.05) is 6.61 Å². The molecule has 0 unspecified atom stereocenters. The molecule has 0 aromatic heterocycles. The fourth-order valence-corrected chi connectivity index (χ4v) is 4.07. The second-order valence-electron chi connectivity index (χ2n) is 7.23. The molecule has 2 aliphatic rings.